The van der Waals surface area contributed by atoms with Gasteiger partial charge in [0.05, 0.1) is 18.6 Å². The summed E-state index contributed by atoms with van der Waals surface area (Å²) in [4.78, 5) is 25.3. The molecule has 0 radical (unpaired) electrons. The molecule has 0 aromatic heterocycles. The Morgan fingerprint density at radius 2 is 2.11 bits per heavy atom. The van der Waals surface area contributed by atoms with E-state index in [0.717, 1.165) is 5.57 Å². The number of hydrogen-bond acceptors (Lipinski definition) is 3. The van der Waals surface area contributed by atoms with Crippen molar-refractivity contribution in [2.45, 2.75) is 12.1 Å². The van der Waals surface area contributed by atoms with E-state index < -0.39 is 0 Å². The molecule has 3 heterocycles. The quantitative estimate of drug-likeness (QED) is 0.619. The summed E-state index contributed by atoms with van der Waals surface area (Å²) in [5.41, 5.74) is 2.80. The van der Waals surface area contributed by atoms with Gasteiger partial charge in [0.2, 0.25) is 5.91 Å². The lowest BCUT2D eigenvalue weighted by Crippen LogP contribution is -2.55. The van der Waals surface area contributed by atoms with Crippen LogP contribution in [0.2, 0.25) is 0 Å². The number of carbonyl (C=O) groups is 2. The van der Waals surface area contributed by atoms with Gasteiger partial charge in [0, 0.05) is 6.54 Å². The third kappa shape index (κ3) is 1.45. The molecule has 2 N–H and O–H groups in total. The molecule has 0 aromatic carbocycles. The number of rotatable bonds is 0. The highest BCUT2D eigenvalue weighted by Gasteiger charge is 2.40. The van der Waals surface area contributed by atoms with Crippen LogP contribution in [0.4, 0.5) is 0 Å². The number of nitrogens with one attached hydrogen (secondary N) is 2. The summed E-state index contributed by atoms with van der Waals surface area (Å²) in [5, 5.41) is 6.09. The van der Waals surface area contributed by atoms with Crippen molar-refractivity contribution in [1.82, 2.24) is 15.5 Å². The molecule has 2 unspecified atom stereocenters. The Balaban J connectivity index is 1.82. The summed E-state index contributed by atoms with van der Waals surface area (Å²) in [6.45, 7) is 0.632. The predicted octanol–water partition coefficient (Wildman–Crippen LogP) is -0.395. The Bertz CT molecular complexity index is 612. The van der Waals surface area contributed by atoms with Crippen LogP contribution in [0, 0.1) is 0 Å². The fraction of sp³-hybridized carbons (Fsp3) is 0.286. The molecule has 0 bridgehead atoms. The first kappa shape index (κ1) is 10.8. The minimum atomic E-state index is -0.162. The topological polar surface area (TPSA) is 61.4 Å². The molecule has 1 saturated heterocycles. The highest BCUT2D eigenvalue weighted by atomic mass is 16.2. The predicted molar refractivity (Wildman–Crippen MR) is 68.8 cm³/mol. The standard InChI is InChI=1S/C14H13N3O2/c18-13-6-15-14(19)12-5-9-8-3-1-2-4-10(8)16-11(9)7-17(12)13/h1-5,10-11,16H,6-7H2,(H,15,19). The summed E-state index contributed by atoms with van der Waals surface area (Å²) < 4.78 is 0. The Kier molecular flexibility index (Phi) is 2.08. The van der Waals surface area contributed by atoms with Gasteiger partial charge in [-0.15, -0.1) is 0 Å². The molecule has 5 nitrogen and oxygen atoms in total. The second kappa shape index (κ2) is 3.68. The molecule has 0 saturated carbocycles. The van der Waals surface area contributed by atoms with Crippen molar-refractivity contribution < 1.29 is 9.59 Å². The molecule has 2 amide bonds. The summed E-state index contributed by atoms with van der Waals surface area (Å²) >= 11 is 0. The monoisotopic (exact) mass is 255 g/mol. The molecule has 1 aliphatic carbocycles. The summed E-state index contributed by atoms with van der Waals surface area (Å²) in [7, 11) is 0. The minimum Gasteiger partial charge on any atom is -0.342 e. The van der Waals surface area contributed by atoms with Crippen molar-refractivity contribution in [1.29, 1.82) is 0 Å². The van der Waals surface area contributed by atoms with Crippen molar-refractivity contribution in [2.24, 2.45) is 0 Å². The maximum Gasteiger partial charge on any atom is 0.268 e. The van der Waals surface area contributed by atoms with Crippen molar-refractivity contribution in [3.8, 4) is 0 Å². The first-order valence-electron chi connectivity index (χ1n) is 6.39. The van der Waals surface area contributed by atoms with Crippen molar-refractivity contribution in [3.05, 3.63) is 47.2 Å². The molecule has 3 aliphatic heterocycles. The van der Waals surface area contributed by atoms with Gasteiger partial charge in [-0.2, -0.15) is 0 Å². The summed E-state index contributed by atoms with van der Waals surface area (Å²) in [5.74, 6) is -0.206. The van der Waals surface area contributed by atoms with Crippen LogP contribution < -0.4 is 10.6 Å². The van der Waals surface area contributed by atoms with Gasteiger partial charge in [0.25, 0.3) is 5.91 Å². The van der Waals surface area contributed by atoms with E-state index in [1.807, 2.05) is 18.2 Å². The minimum absolute atomic E-state index is 0.0438. The second-order valence-corrected chi connectivity index (χ2v) is 5.07. The van der Waals surface area contributed by atoms with E-state index in [1.54, 1.807) is 4.90 Å². The first-order chi connectivity index (χ1) is 9.24. The number of amides is 2. The van der Waals surface area contributed by atoms with Gasteiger partial charge in [0.1, 0.15) is 5.70 Å². The molecule has 19 heavy (non-hydrogen) atoms. The maximum absolute atomic E-state index is 11.9. The fourth-order valence-corrected chi connectivity index (χ4v) is 3.08. The number of carbonyl (C=O) groups excluding carboxylic acids is 2. The number of nitrogens with zero attached hydrogens (tertiary/aromatic N) is 1. The van der Waals surface area contributed by atoms with Gasteiger partial charge in [0.15, 0.2) is 0 Å². The third-order valence-electron chi connectivity index (χ3n) is 4.00. The van der Waals surface area contributed by atoms with Crippen molar-refractivity contribution >= 4 is 11.8 Å². The number of hydrogen-bond donors (Lipinski definition) is 2. The first-order valence-corrected chi connectivity index (χ1v) is 6.39. The molecular weight excluding hydrogens is 242 g/mol. The fourth-order valence-electron chi connectivity index (χ4n) is 3.08. The zero-order chi connectivity index (χ0) is 13.0. The summed E-state index contributed by atoms with van der Waals surface area (Å²) in [6, 6.07) is 0.312. The lowest BCUT2D eigenvalue weighted by atomic mass is 9.94. The maximum atomic E-state index is 11.9. The molecular formula is C14H13N3O2. The van der Waals surface area contributed by atoms with E-state index in [4.69, 9.17) is 0 Å². The Labute approximate surface area is 110 Å². The van der Waals surface area contributed by atoms with Gasteiger partial charge < -0.3 is 10.2 Å². The van der Waals surface area contributed by atoms with E-state index in [2.05, 4.69) is 22.8 Å². The number of allylic oxidation sites excluding steroid dienone is 2. The van der Waals surface area contributed by atoms with Gasteiger partial charge >= 0.3 is 0 Å². The Hall–Kier alpha value is -2.14. The lowest BCUT2D eigenvalue weighted by molar-refractivity contribution is -0.136. The molecule has 5 heteroatoms. The van der Waals surface area contributed by atoms with Crippen molar-refractivity contribution in [2.75, 3.05) is 13.1 Å². The van der Waals surface area contributed by atoms with E-state index in [0.29, 0.717) is 12.2 Å². The lowest BCUT2D eigenvalue weighted by Gasteiger charge is -2.35. The van der Waals surface area contributed by atoms with E-state index in [-0.39, 0.29) is 30.4 Å². The molecule has 4 rings (SSSR count). The largest absolute Gasteiger partial charge is 0.342 e. The SMILES string of the molecule is O=C1NCC(=O)N2CC3NC4C=CC=CC4=C3C=C12. The van der Waals surface area contributed by atoms with Crippen LogP contribution in [0.1, 0.15) is 0 Å². The average Bonchev–Trinajstić information content (AvgIpc) is 2.79. The Morgan fingerprint density at radius 1 is 1.21 bits per heavy atom. The number of piperazine rings is 1. The van der Waals surface area contributed by atoms with Crippen LogP contribution in [-0.4, -0.2) is 41.9 Å². The molecule has 96 valence electrons. The van der Waals surface area contributed by atoms with E-state index >= 15 is 0 Å². The highest BCUT2D eigenvalue weighted by molar-refractivity contribution is 6.03. The van der Waals surface area contributed by atoms with Crippen LogP contribution in [0.3, 0.4) is 0 Å². The summed E-state index contributed by atoms with van der Waals surface area (Å²) in [6.07, 6.45) is 10.0. The molecule has 1 fully saturated rings. The van der Waals surface area contributed by atoms with E-state index in [1.165, 1.54) is 5.57 Å². The third-order valence-corrected chi connectivity index (χ3v) is 4.00. The molecule has 0 spiro atoms. The van der Waals surface area contributed by atoms with E-state index in [9.17, 15) is 9.59 Å². The van der Waals surface area contributed by atoms with Gasteiger partial charge in [-0.25, -0.2) is 0 Å². The van der Waals surface area contributed by atoms with Crippen LogP contribution in [0.15, 0.2) is 47.2 Å². The molecule has 4 aliphatic rings. The molecule has 0 aromatic rings. The molecule has 2 atom stereocenters. The zero-order valence-corrected chi connectivity index (χ0v) is 10.2. The average molecular weight is 255 g/mol. The van der Waals surface area contributed by atoms with Crippen molar-refractivity contribution in [3.63, 3.8) is 0 Å². The normalized spacial score (nSPS) is 31.8. The highest BCUT2D eigenvalue weighted by Crippen LogP contribution is 2.32. The number of fused-ring (bicyclic) bond motifs is 3. The smallest absolute Gasteiger partial charge is 0.268 e. The van der Waals surface area contributed by atoms with Gasteiger partial charge in [-0.05, 0) is 17.2 Å². The van der Waals surface area contributed by atoms with Crippen LogP contribution >= 0.6 is 0 Å². The zero-order valence-electron chi connectivity index (χ0n) is 10.2. The van der Waals surface area contributed by atoms with Crippen LogP contribution in [0.25, 0.3) is 0 Å². The Morgan fingerprint density at radius 3 is 3.00 bits per heavy atom. The second-order valence-electron chi connectivity index (χ2n) is 5.07. The van der Waals surface area contributed by atoms with Gasteiger partial charge in [-0.1, -0.05) is 24.3 Å². The van der Waals surface area contributed by atoms with Crippen LogP contribution in [-0.2, 0) is 9.59 Å². The van der Waals surface area contributed by atoms with Gasteiger partial charge in [-0.3, -0.25) is 14.9 Å². The van der Waals surface area contributed by atoms with Crippen LogP contribution in [0.5, 0.6) is 0 Å².